The van der Waals surface area contributed by atoms with E-state index in [1.165, 1.54) is 30.6 Å². The van der Waals surface area contributed by atoms with Crippen molar-refractivity contribution in [3.63, 3.8) is 0 Å². The van der Waals surface area contributed by atoms with Gasteiger partial charge in [0.2, 0.25) is 0 Å². The molecule has 0 saturated carbocycles. The molecular weight excluding hydrogens is 296 g/mol. The Labute approximate surface area is 147 Å². The normalized spacial score (nSPS) is 22.6. The number of guanidine groups is 1. The standard InChI is InChI=1S/C20H34N4/c1-5-24(6-2)20(21)22-12-18-7-9-19(10-8-18)15-23-13-16(3)11-17(4)14-23/h7-10,16-17H,5-6,11-15H2,1-4H3,(H2,21,22). The van der Waals surface area contributed by atoms with E-state index in [2.05, 4.69) is 66.8 Å². The molecule has 1 fully saturated rings. The number of benzene rings is 1. The van der Waals surface area contributed by atoms with Crippen LogP contribution in [0.5, 0.6) is 0 Å². The molecule has 24 heavy (non-hydrogen) atoms. The molecular formula is C20H34N4. The fraction of sp³-hybridized carbons (Fsp3) is 0.650. The maximum absolute atomic E-state index is 6.04. The van der Waals surface area contributed by atoms with Gasteiger partial charge in [-0.2, -0.15) is 0 Å². The molecule has 2 unspecified atom stereocenters. The minimum absolute atomic E-state index is 0.639. The van der Waals surface area contributed by atoms with Crippen LogP contribution in [-0.4, -0.2) is 41.9 Å². The first-order valence-electron chi connectivity index (χ1n) is 9.36. The predicted molar refractivity (Wildman–Crippen MR) is 103 cm³/mol. The maximum atomic E-state index is 6.04. The lowest BCUT2D eigenvalue weighted by Gasteiger charge is -2.35. The summed E-state index contributed by atoms with van der Waals surface area (Å²) in [6.45, 7) is 14.9. The third kappa shape index (κ3) is 5.52. The molecule has 134 valence electrons. The van der Waals surface area contributed by atoms with Crippen molar-refractivity contribution in [2.24, 2.45) is 22.6 Å². The van der Waals surface area contributed by atoms with Crippen molar-refractivity contribution >= 4 is 5.96 Å². The predicted octanol–water partition coefficient (Wildman–Crippen LogP) is 3.32. The van der Waals surface area contributed by atoms with Crippen LogP contribution in [0.1, 0.15) is 45.2 Å². The van der Waals surface area contributed by atoms with Gasteiger partial charge in [0.05, 0.1) is 6.54 Å². The number of hydrogen-bond donors (Lipinski definition) is 1. The average molecular weight is 331 g/mol. The zero-order chi connectivity index (χ0) is 17.5. The second-order valence-electron chi connectivity index (χ2n) is 7.30. The van der Waals surface area contributed by atoms with E-state index >= 15 is 0 Å². The fourth-order valence-electron chi connectivity index (χ4n) is 3.75. The summed E-state index contributed by atoms with van der Waals surface area (Å²) in [6, 6.07) is 8.85. The zero-order valence-electron chi connectivity index (χ0n) is 15.8. The number of nitrogens with zero attached hydrogens (tertiary/aromatic N) is 3. The summed E-state index contributed by atoms with van der Waals surface area (Å²) < 4.78 is 0. The van der Waals surface area contributed by atoms with Gasteiger partial charge >= 0.3 is 0 Å². The molecule has 2 atom stereocenters. The Morgan fingerprint density at radius 2 is 1.62 bits per heavy atom. The summed E-state index contributed by atoms with van der Waals surface area (Å²) in [5, 5.41) is 0. The van der Waals surface area contributed by atoms with Crippen LogP contribution in [0.3, 0.4) is 0 Å². The minimum atomic E-state index is 0.639. The summed E-state index contributed by atoms with van der Waals surface area (Å²) in [4.78, 5) is 9.18. The first kappa shape index (κ1) is 18.8. The van der Waals surface area contributed by atoms with E-state index in [0.717, 1.165) is 31.5 Å². The molecule has 4 heteroatoms. The molecule has 0 aliphatic carbocycles. The van der Waals surface area contributed by atoms with E-state index in [4.69, 9.17) is 5.73 Å². The molecule has 2 N–H and O–H groups in total. The highest BCUT2D eigenvalue weighted by atomic mass is 15.2. The first-order valence-corrected chi connectivity index (χ1v) is 9.36. The lowest BCUT2D eigenvalue weighted by atomic mass is 9.91. The summed E-state index contributed by atoms with van der Waals surface area (Å²) >= 11 is 0. The summed E-state index contributed by atoms with van der Waals surface area (Å²) in [5.41, 5.74) is 8.64. The van der Waals surface area contributed by atoms with Gasteiger partial charge in [-0.05, 0) is 43.2 Å². The third-order valence-corrected chi connectivity index (χ3v) is 4.88. The van der Waals surface area contributed by atoms with Gasteiger partial charge in [0, 0.05) is 32.7 Å². The monoisotopic (exact) mass is 330 g/mol. The summed E-state index contributed by atoms with van der Waals surface area (Å²) in [6.07, 6.45) is 1.36. The highest BCUT2D eigenvalue weighted by Gasteiger charge is 2.21. The lowest BCUT2D eigenvalue weighted by Crippen LogP contribution is -2.38. The smallest absolute Gasteiger partial charge is 0.191 e. The number of piperidine rings is 1. The van der Waals surface area contributed by atoms with Gasteiger partial charge < -0.3 is 10.6 Å². The second kappa shape index (κ2) is 9.07. The van der Waals surface area contributed by atoms with E-state index in [1.807, 2.05) is 0 Å². The van der Waals surface area contributed by atoms with Crippen LogP contribution in [0.2, 0.25) is 0 Å². The van der Waals surface area contributed by atoms with Gasteiger partial charge in [-0.3, -0.25) is 4.90 Å². The van der Waals surface area contributed by atoms with E-state index in [1.54, 1.807) is 0 Å². The summed E-state index contributed by atoms with van der Waals surface area (Å²) in [7, 11) is 0. The quantitative estimate of drug-likeness (QED) is 0.643. The Kier molecular flexibility index (Phi) is 7.10. The van der Waals surface area contributed by atoms with Gasteiger partial charge in [-0.15, -0.1) is 0 Å². The Morgan fingerprint density at radius 1 is 1.08 bits per heavy atom. The number of hydrogen-bond acceptors (Lipinski definition) is 2. The van der Waals surface area contributed by atoms with Crippen molar-refractivity contribution in [1.82, 2.24) is 9.80 Å². The number of nitrogens with two attached hydrogens (primary N) is 1. The van der Waals surface area contributed by atoms with Crippen molar-refractivity contribution in [2.45, 2.75) is 47.2 Å². The van der Waals surface area contributed by atoms with Gasteiger partial charge in [0.25, 0.3) is 0 Å². The first-order chi connectivity index (χ1) is 11.5. The van der Waals surface area contributed by atoms with Crippen LogP contribution < -0.4 is 5.73 Å². The molecule has 0 aromatic heterocycles. The van der Waals surface area contributed by atoms with Crippen LogP contribution in [-0.2, 0) is 13.1 Å². The van der Waals surface area contributed by atoms with Crippen LogP contribution in [0.4, 0.5) is 0 Å². The molecule has 2 rings (SSSR count). The maximum Gasteiger partial charge on any atom is 0.191 e. The van der Waals surface area contributed by atoms with Gasteiger partial charge in [0.1, 0.15) is 0 Å². The van der Waals surface area contributed by atoms with Gasteiger partial charge in [-0.1, -0.05) is 38.1 Å². The van der Waals surface area contributed by atoms with Crippen LogP contribution in [0, 0.1) is 11.8 Å². The van der Waals surface area contributed by atoms with Crippen LogP contribution >= 0.6 is 0 Å². The summed E-state index contributed by atoms with van der Waals surface area (Å²) in [5.74, 6) is 2.26. The van der Waals surface area contributed by atoms with Crippen molar-refractivity contribution < 1.29 is 0 Å². The van der Waals surface area contributed by atoms with Crippen molar-refractivity contribution in [1.29, 1.82) is 0 Å². The van der Waals surface area contributed by atoms with Crippen LogP contribution in [0.15, 0.2) is 29.3 Å². The van der Waals surface area contributed by atoms with Crippen molar-refractivity contribution in [3.8, 4) is 0 Å². The average Bonchev–Trinajstić information content (AvgIpc) is 2.54. The minimum Gasteiger partial charge on any atom is -0.370 e. The molecule has 0 radical (unpaired) electrons. The van der Waals surface area contributed by atoms with Gasteiger partial charge in [-0.25, -0.2) is 4.99 Å². The Morgan fingerprint density at radius 3 is 2.17 bits per heavy atom. The Bertz CT molecular complexity index is 509. The highest BCUT2D eigenvalue weighted by Crippen LogP contribution is 2.22. The van der Waals surface area contributed by atoms with Crippen molar-refractivity contribution in [3.05, 3.63) is 35.4 Å². The number of aliphatic imine (C=N–C) groups is 1. The second-order valence-corrected chi connectivity index (χ2v) is 7.30. The highest BCUT2D eigenvalue weighted by molar-refractivity contribution is 5.77. The molecule has 4 nitrogen and oxygen atoms in total. The Hall–Kier alpha value is -1.55. The molecule has 1 aromatic carbocycles. The largest absolute Gasteiger partial charge is 0.370 e. The molecule has 0 bridgehead atoms. The van der Waals surface area contributed by atoms with Gasteiger partial charge in [0.15, 0.2) is 5.96 Å². The molecule has 0 spiro atoms. The van der Waals surface area contributed by atoms with Crippen molar-refractivity contribution in [2.75, 3.05) is 26.2 Å². The van der Waals surface area contributed by atoms with E-state index in [9.17, 15) is 0 Å². The lowest BCUT2D eigenvalue weighted by molar-refractivity contribution is 0.134. The van der Waals surface area contributed by atoms with E-state index < -0.39 is 0 Å². The van der Waals surface area contributed by atoms with E-state index in [-0.39, 0.29) is 0 Å². The topological polar surface area (TPSA) is 44.9 Å². The molecule has 1 heterocycles. The molecule has 0 amide bonds. The Balaban J connectivity index is 1.90. The SMILES string of the molecule is CCN(CC)C(N)=NCc1ccc(CN2CC(C)CC(C)C2)cc1. The molecule has 1 aliphatic rings. The van der Waals surface area contributed by atoms with E-state index in [0.29, 0.717) is 12.5 Å². The third-order valence-electron chi connectivity index (χ3n) is 4.88. The van der Waals surface area contributed by atoms with Crippen LogP contribution in [0.25, 0.3) is 0 Å². The molecule has 1 aliphatic heterocycles. The fourth-order valence-corrected chi connectivity index (χ4v) is 3.75. The molecule has 1 aromatic rings. The zero-order valence-corrected chi connectivity index (χ0v) is 15.8. The number of likely N-dealkylation sites (tertiary alicyclic amines) is 1. The molecule has 1 saturated heterocycles. The number of rotatable bonds is 6.